The van der Waals surface area contributed by atoms with Crippen LogP contribution < -0.4 is 5.32 Å². The first-order valence-electron chi connectivity index (χ1n) is 12.6. The molecule has 0 spiro atoms. The predicted octanol–water partition coefficient (Wildman–Crippen LogP) is 5.34. The molecule has 3 aliphatic rings. The third kappa shape index (κ3) is 6.46. The van der Waals surface area contributed by atoms with Crippen molar-refractivity contribution in [2.45, 2.75) is 71.4 Å². The first-order valence-corrected chi connectivity index (χ1v) is 14.1. The average Bonchev–Trinajstić information content (AvgIpc) is 3.32. The molecule has 182 valence electrons. The molecule has 2 amide bonds. The summed E-state index contributed by atoms with van der Waals surface area (Å²) in [4.78, 5) is 30.1. The number of nitrogens with zero attached hydrogens (tertiary/aromatic N) is 2. The van der Waals surface area contributed by atoms with Crippen molar-refractivity contribution in [3.05, 3.63) is 28.3 Å². The maximum atomic E-state index is 12.9. The highest BCUT2D eigenvalue weighted by Gasteiger charge is 2.33. The van der Waals surface area contributed by atoms with Gasteiger partial charge in [0, 0.05) is 55.3 Å². The van der Waals surface area contributed by atoms with Gasteiger partial charge in [-0.05, 0) is 80.2 Å². The first-order chi connectivity index (χ1) is 15.9. The topological polar surface area (TPSA) is 52.6 Å². The Kier molecular flexibility index (Phi) is 8.64. The lowest BCUT2D eigenvalue weighted by molar-refractivity contribution is -0.140. The Balaban J connectivity index is 1.35. The van der Waals surface area contributed by atoms with Gasteiger partial charge in [-0.2, -0.15) is 11.8 Å². The number of nitrogens with one attached hydrogen (secondary N) is 1. The van der Waals surface area contributed by atoms with Crippen molar-refractivity contribution in [1.82, 2.24) is 9.80 Å². The smallest absolute Gasteiger partial charge is 0.226 e. The van der Waals surface area contributed by atoms with Crippen molar-refractivity contribution in [2.75, 3.05) is 36.5 Å². The number of amides is 2. The van der Waals surface area contributed by atoms with E-state index in [1.165, 1.54) is 25.0 Å². The van der Waals surface area contributed by atoms with E-state index < -0.39 is 0 Å². The summed E-state index contributed by atoms with van der Waals surface area (Å²) in [6.07, 6.45) is 7.44. The lowest BCUT2D eigenvalue weighted by atomic mass is 10.0. The van der Waals surface area contributed by atoms with Crippen molar-refractivity contribution in [3.8, 4) is 0 Å². The van der Waals surface area contributed by atoms with Gasteiger partial charge in [-0.3, -0.25) is 14.5 Å². The average molecular weight is 492 g/mol. The standard InChI is InChI=1S/C26H38ClN3O2S/c1-18-15-29(9-10-30(18)26(32)21-7-3-4-8-21)16-22-13-23(27)14-24(19(22)2)28-25(31)12-20-6-5-11-33-17-20/h13-14,18,20-21H,3-12,15-17H2,1-2H3,(H,28,31)/t18-,20?/m0/s1. The quantitative estimate of drug-likeness (QED) is 0.583. The van der Waals surface area contributed by atoms with Gasteiger partial charge < -0.3 is 10.2 Å². The van der Waals surface area contributed by atoms with E-state index in [4.69, 9.17) is 11.6 Å². The van der Waals surface area contributed by atoms with Crippen LogP contribution in [0.5, 0.6) is 0 Å². The Morgan fingerprint density at radius 2 is 1.94 bits per heavy atom. The van der Waals surface area contributed by atoms with Gasteiger partial charge in [0.1, 0.15) is 0 Å². The summed E-state index contributed by atoms with van der Waals surface area (Å²) in [5.41, 5.74) is 3.06. The Hall–Kier alpha value is -1.24. The number of hydrogen-bond donors (Lipinski definition) is 1. The van der Waals surface area contributed by atoms with Crippen molar-refractivity contribution in [1.29, 1.82) is 0 Å². The maximum Gasteiger partial charge on any atom is 0.226 e. The fraction of sp³-hybridized carbons (Fsp3) is 0.692. The third-order valence-electron chi connectivity index (χ3n) is 7.58. The molecule has 1 saturated carbocycles. The molecule has 1 aromatic carbocycles. The van der Waals surface area contributed by atoms with Gasteiger partial charge in [0.15, 0.2) is 0 Å². The Bertz CT molecular complexity index is 852. The van der Waals surface area contributed by atoms with Crippen LogP contribution in [0.25, 0.3) is 0 Å². The molecule has 33 heavy (non-hydrogen) atoms. The van der Waals surface area contributed by atoms with Crippen LogP contribution in [0.15, 0.2) is 12.1 Å². The molecule has 1 aliphatic carbocycles. The van der Waals surface area contributed by atoms with Gasteiger partial charge in [0.2, 0.25) is 11.8 Å². The molecular weight excluding hydrogens is 454 g/mol. The second-order valence-corrected chi connectivity index (χ2v) is 11.8. The molecule has 7 heteroatoms. The lowest BCUT2D eigenvalue weighted by Crippen LogP contribution is -2.54. The van der Waals surface area contributed by atoms with Crippen LogP contribution in [0.1, 0.15) is 63.0 Å². The van der Waals surface area contributed by atoms with Crippen LogP contribution in [-0.2, 0) is 16.1 Å². The van der Waals surface area contributed by atoms with Crippen LogP contribution in [0.4, 0.5) is 5.69 Å². The minimum atomic E-state index is 0.0893. The zero-order chi connectivity index (χ0) is 23.4. The van der Waals surface area contributed by atoms with Crippen molar-refractivity contribution in [2.24, 2.45) is 11.8 Å². The number of anilines is 1. The van der Waals surface area contributed by atoms with E-state index in [2.05, 4.69) is 29.0 Å². The van der Waals surface area contributed by atoms with E-state index in [1.54, 1.807) is 0 Å². The van der Waals surface area contributed by atoms with E-state index in [1.807, 2.05) is 23.9 Å². The van der Waals surface area contributed by atoms with Crippen LogP contribution in [0.3, 0.4) is 0 Å². The van der Waals surface area contributed by atoms with E-state index in [-0.39, 0.29) is 17.9 Å². The first kappa shape index (κ1) is 24.9. The molecule has 1 unspecified atom stereocenters. The molecule has 2 aliphatic heterocycles. The van der Waals surface area contributed by atoms with Gasteiger partial charge in [-0.25, -0.2) is 0 Å². The summed E-state index contributed by atoms with van der Waals surface area (Å²) in [5, 5.41) is 3.79. The number of carbonyl (C=O) groups excluding carboxylic acids is 2. The molecule has 0 radical (unpaired) electrons. The molecule has 2 heterocycles. The van der Waals surface area contributed by atoms with Crippen molar-refractivity contribution >= 4 is 40.9 Å². The number of rotatable bonds is 6. The Morgan fingerprint density at radius 1 is 1.15 bits per heavy atom. The lowest BCUT2D eigenvalue weighted by Gasteiger charge is -2.41. The Morgan fingerprint density at radius 3 is 2.64 bits per heavy atom. The van der Waals surface area contributed by atoms with E-state index in [0.29, 0.717) is 23.3 Å². The summed E-state index contributed by atoms with van der Waals surface area (Å²) in [5.74, 6) is 3.48. The normalized spacial score (nSPS) is 24.8. The van der Waals surface area contributed by atoms with Crippen molar-refractivity contribution in [3.63, 3.8) is 0 Å². The van der Waals surface area contributed by atoms with E-state index in [0.717, 1.165) is 68.0 Å². The maximum absolute atomic E-state index is 12.9. The molecule has 5 nitrogen and oxygen atoms in total. The molecule has 0 aromatic heterocycles. The number of hydrogen-bond acceptors (Lipinski definition) is 4. The molecular formula is C26H38ClN3O2S. The van der Waals surface area contributed by atoms with E-state index in [9.17, 15) is 9.59 Å². The van der Waals surface area contributed by atoms with Gasteiger partial charge >= 0.3 is 0 Å². The van der Waals surface area contributed by atoms with Crippen molar-refractivity contribution < 1.29 is 9.59 Å². The highest BCUT2D eigenvalue weighted by Crippen LogP contribution is 2.30. The van der Waals surface area contributed by atoms with Crippen LogP contribution in [0, 0.1) is 18.8 Å². The third-order valence-corrected chi connectivity index (χ3v) is 9.08. The second kappa shape index (κ2) is 11.5. The fourth-order valence-electron chi connectivity index (χ4n) is 5.61. The van der Waals surface area contributed by atoms with Gasteiger partial charge in [0.05, 0.1) is 0 Å². The SMILES string of the molecule is Cc1c(CN2CCN(C(=O)C3CCCC3)[C@@H](C)C2)cc(Cl)cc1NC(=O)CC1CCCSC1. The summed E-state index contributed by atoms with van der Waals surface area (Å²) < 4.78 is 0. The summed E-state index contributed by atoms with van der Waals surface area (Å²) in [6, 6.07) is 4.11. The molecule has 3 fully saturated rings. The summed E-state index contributed by atoms with van der Waals surface area (Å²) >= 11 is 8.41. The minimum absolute atomic E-state index is 0.0893. The molecule has 1 aromatic rings. The predicted molar refractivity (Wildman–Crippen MR) is 138 cm³/mol. The van der Waals surface area contributed by atoms with Crippen LogP contribution in [0.2, 0.25) is 5.02 Å². The Labute approximate surface area is 208 Å². The van der Waals surface area contributed by atoms with Crippen LogP contribution in [-0.4, -0.2) is 58.8 Å². The number of halogens is 1. The summed E-state index contributed by atoms with van der Waals surface area (Å²) in [6.45, 7) is 7.55. The van der Waals surface area contributed by atoms with E-state index >= 15 is 0 Å². The monoisotopic (exact) mass is 491 g/mol. The zero-order valence-corrected chi connectivity index (χ0v) is 21.6. The largest absolute Gasteiger partial charge is 0.337 e. The molecule has 2 atom stereocenters. The molecule has 2 saturated heterocycles. The van der Waals surface area contributed by atoms with Crippen LogP contribution >= 0.6 is 23.4 Å². The highest BCUT2D eigenvalue weighted by atomic mass is 35.5. The van der Waals surface area contributed by atoms with Gasteiger partial charge in [0.25, 0.3) is 0 Å². The highest BCUT2D eigenvalue weighted by molar-refractivity contribution is 7.99. The zero-order valence-electron chi connectivity index (χ0n) is 20.1. The fourth-order valence-corrected chi connectivity index (χ4v) is 7.01. The molecule has 4 rings (SSSR count). The molecule has 0 bridgehead atoms. The second-order valence-electron chi connectivity index (χ2n) is 10.2. The van der Waals surface area contributed by atoms with Gasteiger partial charge in [-0.1, -0.05) is 24.4 Å². The van der Waals surface area contributed by atoms with Gasteiger partial charge in [-0.15, -0.1) is 0 Å². The minimum Gasteiger partial charge on any atom is -0.337 e. The number of carbonyl (C=O) groups is 2. The number of piperazine rings is 1. The summed E-state index contributed by atoms with van der Waals surface area (Å²) in [7, 11) is 0. The number of thioether (sulfide) groups is 1. The number of benzene rings is 1. The molecule has 1 N–H and O–H groups in total.